The van der Waals surface area contributed by atoms with Gasteiger partial charge >= 0.3 is 6.18 Å². The van der Waals surface area contributed by atoms with Gasteiger partial charge in [0.15, 0.2) is 5.01 Å². The van der Waals surface area contributed by atoms with Gasteiger partial charge in [-0.3, -0.25) is 4.79 Å². The van der Waals surface area contributed by atoms with Crippen molar-refractivity contribution >= 4 is 11.3 Å². The number of ether oxygens (including phenoxy) is 1. The molecule has 2 aromatic heterocycles. The van der Waals surface area contributed by atoms with Crippen molar-refractivity contribution in [3.05, 3.63) is 27.9 Å². The summed E-state index contributed by atoms with van der Waals surface area (Å²) in [6.45, 7) is 0. The summed E-state index contributed by atoms with van der Waals surface area (Å²) in [6.07, 6.45) is -2.41. The Morgan fingerprint density at radius 2 is 2.11 bits per heavy atom. The molecule has 18 heavy (non-hydrogen) atoms. The fourth-order valence-corrected chi connectivity index (χ4v) is 2.04. The van der Waals surface area contributed by atoms with E-state index in [9.17, 15) is 18.0 Å². The third-order valence-electron chi connectivity index (χ3n) is 2.00. The predicted octanol–water partition coefficient (Wildman–Crippen LogP) is 1.92. The van der Waals surface area contributed by atoms with Crippen LogP contribution in [0.3, 0.4) is 0 Å². The lowest BCUT2D eigenvalue weighted by molar-refractivity contribution is -0.137. The smallest absolute Gasteiger partial charge is 0.443 e. The number of hydrogen-bond donors (Lipinski definition) is 1. The average molecular weight is 277 g/mol. The lowest BCUT2D eigenvalue weighted by Gasteiger charge is -2.03. The molecule has 0 saturated carbocycles. The molecule has 5 nitrogen and oxygen atoms in total. The molecule has 0 aliphatic rings. The van der Waals surface area contributed by atoms with Crippen molar-refractivity contribution in [2.75, 3.05) is 7.11 Å². The molecule has 0 radical (unpaired) electrons. The summed E-state index contributed by atoms with van der Waals surface area (Å²) < 4.78 is 42.0. The number of methoxy groups -OCH3 is 1. The van der Waals surface area contributed by atoms with E-state index in [0.717, 1.165) is 12.5 Å². The summed E-state index contributed by atoms with van der Waals surface area (Å²) >= 11 is 0.400. The van der Waals surface area contributed by atoms with Crippen LogP contribution in [0.5, 0.6) is 5.75 Å². The van der Waals surface area contributed by atoms with Gasteiger partial charge in [0.2, 0.25) is 5.75 Å². The Labute approximate surface area is 102 Å². The van der Waals surface area contributed by atoms with Gasteiger partial charge in [-0.1, -0.05) is 0 Å². The van der Waals surface area contributed by atoms with E-state index in [1.54, 1.807) is 0 Å². The number of aromatic amines is 1. The number of halogens is 3. The molecule has 0 amide bonds. The lowest BCUT2D eigenvalue weighted by Crippen LogP contribution is -2.10. The second-order valence-corrected chi connectivity index (χ2v) is 4.17. The van der Waals surface area contributed by atoms with Crippen LogP contribution >= 0.6 is 11.3 Å². The Balaban J connectivity index is 2.53. The molecule has 0 aliphatic carbocycles. The second-order valence-electron chi connectivity index (χ2n) is 3.14. The van der Waals surface area contributed by atoms with Crippen molar-refractivity contribution in [2.24, 2.45) is 0 Å². The first kappa shape index (κ1) is 12.6. The summed E-state index contributed by atoms with van der Waals surface area (Å²) in [5.41, 5.74) is -0.529. The van der Waals surface area contributed by atoms with E-state index in [2.05, 4.69) is 15.0 Å². The van der Waals surface area contributed by atoms with Crippen LogP contribution < -0.4 is 10.3 Å². The maximum Gasteiger partial charge on any atom is 0.443 e. The fraction of sp³-hybridized carbons (Fsp3) is 0.222. The number of alkyl halides is 3. The zero-order chi connectivity index (χ0) is 13.3. The third kappa shape index (κ3) is 2.21. The van der Waals surface area contributed by atoms with Crippen molar-refractivity contribution in [1.82, 2.24) is 15.0 Å². The minimum absolute atomic E-state index is 0.0363. The molecule has 0 spiro atoms. The predicted molar refractivity (Wildman–Crippen MR) is 57.5 cm³/mol. The van der Waals surface area contributed by atoms with Gasteiger partial charge in [-0.2, -0.15) is 13.2 Å². The highest BCUT2D eigenvalue weighted by molar-refractivity contribution is 7.15. The first-order valence-corrected chi connectivity index (χ1v) is 5.40. The number of thiazole rings is 1. The number of rotatable bonds is 2. The Morgan fingerprint density at radius 3 is 2.67 bits per heavy atom. The van der Waals surface area contributed by atoms with Gasteiger partial charge in [-0.15, -0.1) is 11.3 Å². The maximum absolute atomic E-state index is 12.4. The van der Waals surface area contributed by atoms with E-state index in [-0.39, 0.29) is 16.3 Å². The van der Waals surface area contributed by atoms with Crippen LogP contribution in [-0.4, -0.2) is 22.1 Å². The molecule has 2 aromatic rings. The van der Waals surface area contributed by atoms with Crippen LogP contribution in [0, 0.1) is 0 Å². The molecule has 0 saturated heterocycles. The Kier molecular flexibility index (Phi) is 3.07. The molecule has 0 aliphatic heterocycles. The molecule has 0 fully saturated rings. The van der Waals surface area contributed by atoms with Crippen molar-refractivity contribution in [3.63, 3.8) is 0 Å². The highest BCUT2D eigenvalue weighted by atomic mass is 32.1. The quantitative estimate of drug-likeness (QED) is 0.910. The van der Waals surface area contributed by atoms with E-state index in [0.29, 0.717) is 11.3 Å². The van der Waals surface area contributed by atoms with Gasteiger partial charge in [0.1, 0.15) is 5.69 Å². The summed E-state index contributed by atoms with van der Waals surface area (Å²) in [5, 5.41) is -0.998. The maximum atomic E-state index is 12.4. The van der Waals surface area contributed by atoms with E-state index in [4.69, 9.17) is 4.74 Å². The molecule has 2 heterocycles. The Morgan fingerprint density at radius 1 is 1.39 bits per heavy atom. The molecule has 0 bridgehead atoms. The molecule has 2 rings (SSSR count). The lowest BCUT2D eigenvalue weighted by atomic mass is 10.3. The summed E-state index contributed by atoms with van der Waals surface area (Å²) in [6, 6.07) is 0. The number of nitrogens with zero attached hydrogens (tertiary/aromatic N) is 2. The van der Waals surface area contributed by atoms with Crippen molar-refractivity contribution in [3.8, 4) is 16.3 Å². The van der Waals surface area contributed by atoms with Crippen molar-refractivity contribution in [2.45, 2.75) is 6.18 Å². The van der Waals surface area contributed by atoms with Crippen LogP contribution in [0.1, 0.15) is 5.01 Å². The first-order valence-electron chi connectivity index (χ1n) is 4.58. The van der Waals surface area contributed by atoms with Gasteiger partial charge in [0.25, 0.3) is 5.56 Å². The molecule has 0 atom stereocenters. The highest BCUT2D eigenvalue weighted by Gasteiger charge is 2.35. The Hall–Kier alpha value is -1.90. The normalized spacial score (nSPS) is 11.6. The molecular weight excluding hydrogens is 271 g/mol. The van der Waals surface area contributed by atoms with Crippen LogP contribution in [0.2, 0.25) is 0 Å². The summed E-state index contributed by atoms with van der Waals surface area (Å²) in [4.78, 5) is 20.8. The minimum Gasteiger partial charge on any atom is -0.490 e. The SMILES string of the molecule is COc1c(-c2cnc(C(F)(F)F)s2)nc[nH]c1=O. The molecule has 96 valence electrons. The number of aromatic nitrogens is 3. The summed E-state index contributed by atoms with van der Waals surface area (Å²) in [5.74, 6) is -0.144. The van der Waals surface area contributed by atoms with Gasteiger partial charge in [0, 0.05) is 6.20 Å². The monoisotopic (exact) mass is 277 g/mol. The molecule has 0 unspecified atom stereocenters. The third-order valence-corrected chi connectivity index (χ3v) is 3.05. The van der Waals surface area contributed by atoms with E-state index in [1.807, 2.05) is 0 Å². The topological polar surface area (TPSA) is 67.9 Å². The largest absolute Gasteiger partial charge is 0.490 e. The molecule has 0 aromatic carbocycles. The molecule has 1 N–H and O–H groups in total. The van der Waals surface area contributed by atoms with Gasteiger partial charge in [0.05, 0.1) is 18.3 Å². The van der Waals surface area contributed by atoms with Crippen molar-refractivity contribution in [1.29, 1.82) is 0 Å². The van der Waals surface area contributed by atoms with Gasteiger partial charge in [-0.05, 0) is 0 Å². The average Bonchev–Trinajstić information content (AvgIpc) is 2.77. The standard InChI is InChI=1S/C9H6F3N3O2S/c1-17-6-5(14-3-15-7(6)16)4-2-13-8(18-4)9(10,11)12/h2-3H,1H3,(H,14,15,16). The van der Waals surface area contributed by atoms with Crippen LogP contribution in [-0.2, 0) is 6.18 Å². The number of hydrogen-bond acceptors (Lipinski definition) is 5. The second kappa shape index (κ2) is 4.41. The molecule has 9 heteroatoms. The number of H-pyrrole nitrogens is 1. The highest BCUT2D eigenvalue weighted by Crippen LogP contribution is 2.37. The van der Waals surface area contributed by atoms with Crippen LogP contribution in [0.15, 0.2) is 17.3 Å². The minimum atomic E-state index is -4.52. The fourth-order valence-electron chi connectivity index (χ4n) is 1.27. The van der Waals surface area contributed by atoms with E-state index in [1.165, 1.54) is 7.11 Å². The van der Waals surface area contributed by atoms with E-state index < -0.39 is 16.7 Å². The van der Waals surface area contributed by atoms with Gasteiger partial charge in [-0.25, -0.2) is 9.97 Å². The zero-order valence-corrected chi connectivity index (χ0v) is 9.72. The van der Waals surface area contributed by atoms with Gasteiger partial charge < -0.3 is 9.72 Å². The summed E-state index contributed by atoms with van der Waals surface area (Å²) in [7, 11) is 1.24. The van der Waals surface area contributed by atoms with E-state index >= 15 is 0 Å². The van der Waals surface area contributed by atoms with Crippen molar-refractivity contribution < 1.29 is 17.9 Å². The van der Waals surface area contributed by atoms with Crippen LogP contribution in [0.25, 0.3) is 10.6 Å². The first-order chi connectivity index (χ1) is 8.43. The Bertz CT molecular complexity index is 620. The zero-order valence-electron chi connectivity index (χ0n) is 8.91. The van der Waals surface area contributed by atoms with Crippen LogP contribution in [0.4, 0.5) is 13.2 Å². The molecular formula is C9H6F3N3O2S. The number of nitrogens with one attached hydrogen (secondary N) is 1.